The number of ether oxygens (including phenoxy) is 1. The Hall–Kier alpha value is -2.97. The van der Waals surface area contributed by atoms with Crippen LogP contribution in [0.25, 0.3) is 10.9 Å². The first-order chi connectivity index (χ1) is 13.8. The molecule has 0 spiro atoms. The van der Waals surface area contributed by atoms with Gasteiger partial charge in [0.15, 0.2) is 11.6 Å². The first-order valence-electron chi connectivity index (χ1n) is 9.33. The number of aryl methyl sites for hydroxylation is 1. The van der Waals surface area contributed by atoms with E-state index < -0.39 is 12.7 Å². The summed E-state index contributed by atoms with van der Waals surface area (Å²) in [5, 5.41) is 0.647. The number of carbonyl (C=O) groups excluding carboxylic acids is 1. The third kappa shape index (κ3) is 4.23. The summed E-state index contributed by atoms with van der Waals surface area (Å²) in [6, 6.07) is 6.74. The number of piperidine rings is 1. The number of rotatable bonds is 4. The van der Waals surface area contributed by atoms with Crippen LogP contribution in [0, 0.1) is 6.92 Å². The first kappa shape index (κ1) is 19.4. The number of hydrogen-bond acceptors (Lipinski definition) is 4. The van der Waals surface area contributed by atoms with Gasteiger partial charge in [-0.1, -0.05) is 6.07 Å². The molecular formula is C20H20F3N3O3. The number of benzene rings is 1. The molecule has 1 amide bonds. The number of amides is 1. The maximum Gasteiger partial charge on any atom is 0.406 e. The van der Waals surface area contributed by atoms with E-state index in [-0.39, 0.29) is 17.7 Å². The first-order valence-corrected chi connectivity index (χ1v) is 9.33. The number of halogens is 3. The van der Waals surface area contributed by atoms with Crippen LogP contribution in [0.2, 0.25) is 0 Å². The van der Waals surface area contributed by atoms with E-state index in [1.54, 1.807) is 36.1 Å². The molecule has 2 aromatic heterocycles. The Morgan fingerprint density at radius 1 is 1.28 bits per heavy atom. The van der Waals surface area contributed by atoms with Crippen molar-refractivity contribution in [3.8, 4) is 5.75 Å². The number of hydrogen-bond donors (Lipinski definition) is 0. The van der Waals surface area contributed by atoms with Crippen LogP contribution in [0.5, 0.6) is 5.75 Å². The molecule has 0 saturated carbocycles. The van der Waals surface area contributed by atoms with Gasteiger partial charge in [-0.05, 0) is 18.2 Å². The fraction of sp³-hybridized carbons (Fsp3) is 0.400. The summed E-state index contributed by atoms with van der Waals surface area (Å²) in [6.45, 7) is 1.67. The monoisotopic (exact) mass is 407 g/mol. The second-order valence-corrected chi connectivity index (χ2v) is 7.11. The van der Waals surface area contributed by atoms with E-state index in [4.69, 9.17) is 9.15 Å². The quantitative estimate of drug-likeness (QED) is 0.651. The lowest BCUT2D eigenvalue weighted by atomic mass is 10.1. The molecule has 3 heterocycles. The maximum absolute atomic E-state index is 12.8. The molecule has 1 aromatic carbocycles. The van der Waals surface area contributed by atoms with Crippen LogP contribution in [-0.2, 0) is 6.54 Å². The molecular weight excluding hydrogens is 387 g/mol. The number of nitrogens with zero attached hydrogens (tertiary/aromatic N) is 3. The summed E-state index contributed by atoms with van der Waals surface area (Å²) in [6.07, 6.45) is -0.372. The van der Waals surface area contributed by atoms with Gasteiger partial charge >= 0.3 is 6.18 Å². The maximum atomic E-state index is 12.8. The molecule has 0 aliphatic carbocycles. The minimum atomic E-state index is -4.29. The molecule has 1 aliphatic rings. The summed E-state index contributed by atoms with van der Waals surface area (Å²) in [5.41, 5.74) is 0.770. The van der Waals surface area contributed by atoms with Crippen LogP contribution in [0.3, 0.4) is 0 Å². The van der Waals surface area contributed by atoms with E-state index in [0.29, 0.717) is 48.5 Å². The molecule has 29 heavy (non-hydrogen) atoms. The molecule has 1 fully saturated rings. The predicted octanol–water partition coefficient (Wildman–Crippen LogP) is 4.18. The van der Waals surface area contributed by atoms with E-state index in [0.717, 1.165) is 0 Å². The van der Waals surface area contributed by atoms with Gasteiger partial charge in [-0.3, -0.25) is 4.79 Å². The van der Waals surface area contributed by atoms with Crippen molar-refractivity contribution >= 4 is 16.8 Å². The van der Waals surface area contributed by atoms with E-state index in [1.807, 2.05) is 0 Å². The highest BCUT2D eigenvalue weighted by Crippen LogP contribution is 2.31. The fourth-order valence-electron chi connectivity index (χ4n) is 3.61. The van der Waals surface area contributed by atoms with Crippen molar-refractivity contribution in [2.45, 2.75) is 38.6 Å². The molecule has 0 bridgehead atoms. The minimum Gasteiger partial charge on any atom is -0.490 e. The molecule has 0 N–H and O–H groups in total. The van der Waals surface area contributed by atoms with Crippen molar-refractivity contribution in [2.75, 3.05) is 13.1 Å². The van der Waals surface area contributed by atoms with Crippen molar-refractivity contribution in [3.05, 3.63) is 48.3 Å². The standard InChI is InChI=1S/C20H20F3N3O3/c1-13-24-16(11-28-13)19(27)25-8-5-14(6-9-25)29-18-4-2-3-17-15(18)7-10-26(17)12-20(21,22)23/h2-4,7,10-11,14H,5-6,8-9,12H2,1H3. The Morgan fingerprint density at radius 2 is 2.03 bits per heavy atom. The van der Waals surface area contributed by atoms with Crippen molar-refractivity contribution < 1.29 is 27.1 Å². The van der Waals surface area contributed by atoms with Gasteiger partial charge in [0, 0.05) is 44.4 Å². The van der Waals surface area contributed by atoms with Gasteiger partial charge in [-0.2, -0.15) is 13.2 Å². The summed E-state index contributed by atoms with van der Waals surface area (Å²) < 4.78 is 50.6. The number of carbonyl (C=O) groups is 1. The average Bonchev–Trinajstić information content (AvgIpc) is 3.28. The van der Waals surface area contributed by atoms with Crippen LogP contribution in [0.1, 0.15) is 29.2 Å². The number of oxazole rings is 1. The fourth-order valence-corrected chi connectivity index (χ4v) is 3.61. The SMILES string of the molecule is Cc1nc(C(=O)N2CCC(Oc3cccc4c3ccn4CC(F)(F)F)CC2)co1. The van der Waals surface area contributed by atoms with Crippen molar-refractivity contribution in [3.63, 3.8) is 0 Å². The highest BCUT2D eigenvalue weighted by Gasteiger charge is 2.29. The highest BCUT2D eigenvalue weighted by atomic mass is 19.4. The molecule has 0 radical (unpaired) electrons. The van der Waals surface area contributed by atoms with Crippen molar-refractivity contribution in [1.82, 2.24) is 14.5 Å². The molecule has 6 nitrogen and oxygen atoms in total. The topological polar surface area (TPSA) is 60.5 Å². The lowest BCUT2D eigenvalue weighted by Crippen LogP contribution is -2.41. The van der Waals surface area contributed by atoms with Gasteiger partial charge in [0.1, 0.15) is 24.7 Å². The zero-order chi connectivity index (χ0) is 20.6. The summed E-state index contributed by atoms with van der Waals surface area (Å²) >= 11 is 0. The van der Waals surface area contributed by atoms with Gasteiger partial charge in [0.2, 0.25) is 0 Å². The van der Waals surface area contributed by atoms with Crippen LogP contribution < -0.4 is 4.74 Å². The zero-order valence-corrected chi connectivity index (χ0v) is 15.8. The lowest BCUT2D eigenvalue weighted by molar-refractivity contribution is -0.139. The molecule has 9 heteroatoms. The Bertz CT molecular complexity index is 1020. The van der Waals surface area contributed by atoms with Crippen molar-refractivity contribution in [1.29, 1.82) is 0 Å². The second kappa shape index (κ2) is 7.46. The zero-order valence-electron chi connectivity index (χ0n) is 15.8. The third-order valence-electron chi connectivity index (χ3n) is 4.98. The van der Waals surface area contributed by atoms with E-state index in [2.05, 4.69) is 4.98 Å². The molecule has 1 aliphatic heterocycles. The normalized spacial score (nSPS) is 15.8. The Balaban J connectivity index is 1.42. The Kier molecular flexibility index (Phi) is 4.97. The molecule has 3 aromatic rings. The smallest absolute Gasteiger partial charge is 0.406 e. The van der Waals surface area contributed by atoms with Crippen LogP contribution in [-0.4, -0.2) is 45.7 Å². The van der Waals surface area contributed by atoms with Crippen LogP contribution in [0.15, 0.2) is 41.1 Å². The molecule has 154 valence electrons. The molecule has 0 atom stereocenters. The highest BCUT2D eigenvalue weighted by molar-refractivity contribution is 5.92. The van der Waals surface area contributed by atoms with Crippen LogP contribution in [0.4, 0.5) is 13.2 Å². The Labute approximate surface area is 164 Å². The van der Waals surface area contributed by atoms with Crippen molar-refractivity contribution in [2.24, 2.45) is 0 Å². The Morgan fingerprint density at radius 3 is 2.69 bits per heavy atom. The van der Waals surface area contributed by atoms with Gasteiger partial charge in [0.05, 0.1) is 5.52 Å². The van der Waals surface area contributed by atoms with E-state index in [9.17, 15) is 18.0 Å². The minimum absolute atomic E-state index is 0.116. The number of alkyl halides is 3. The molecule has 0 unspecified atom stereocenters. The number of aromatic nitrogens is 2. The number of fused-ring (bicyclic) bond motifs is 1. The van der Waals surface area contributed by atoms with Gasteiger partial charge in [-0.25, -0.2) is 4.98 Å². The van der Waals surface area contributed by atoms with Gasteiger partial charge < -0.3 is 18.6 Å². The van der Waals surface area contributed by atoms with Gasteiger partial charge in [0.25, 0.3) is 5.91 Å². The molecule has 4 rings (SSSR count). The predicted molar refractivity (Wildman–Crippen MR) is 98.8 cm³/mol. The molecule has 1 saturated heterocycles. The lowest BCUT2D eigenvalue weighted by Gasteiger charge is -2.31. The summed E-state index contributed by atoms with van der Waals surface area (Å²) in [4.78, 5) is 18.2. The number of likely N-dealkylation sites (tertiary alicyclic amines) is 1. The van der Waals surface area contributed by atoms with Crippen LogP contribution >= 0.6 is 0 Å². The van der Waals surface area contributed by atoms with E-state index >= 15 is 0 Å². The van der Waals surface area contributed by atoms with E-state index in [1.165, 1.54) is 17.0 Å². The summed E-state index contributed by atoms with van der Waals surface area (Å²) in [7, 11) is 0. The summed E-state index contributed by atoms with van der Waals surface area (Å²) in [5.74, 6) is 0.823. The van der Waals surface area contributed by atoms with Gasteiger partial charge in [-0.15, -0.1) is 0 Å². The largest absolute Gasteiger partial charge is 0.490 e. The average molecular weight is 407 g/mol. The third-order valence-corrected chi connectivity index (χ3v) is 4.98. The second-order valence-electron chi connectivity index (χ2n) is 7.11.